The van der Waals surface area contributed by atoms with Crippen molar-refractivity contribution in [2.75, 3.05) is 6.54 Å². The minimum absolute atomic E-state index is 0.0403. The van der Waals surface area contributed by atoms with Crippen molar-refractivity contribution in [1.82, 2.24) is 4.31 Å². The van der Waals surface area contributed by atoms with Crippen LogP contribution in [0.5, 0.6) is 0 Å². The average molecular weight is 379 g/mol. The van der Waals surface area contributed by atoms with Gasteiger partial charge in [-0.3, -0.25) is 0 Å². The molecule has 0 aliphatic carbocycles. The first-order valence-electron chi connectivity index (χ1n) is 6.99. The summed E-state index contributed by atoms with van der Waals surface area (Å²) in [6.07, 6.45) is 1.62. The third kappa shape index (κ3) is 3.16. The van der Waals surface area contributed by atoms with E-state index in [0.29, 0.717) is 11.0 Å². The van der Waals surface area contributed by atoms with Crippen LogP contribution in [0.4, 0.5) is 4.39 Å². The fourth-order valence-electron chi connectivity index (χ4n) is 2.81. The Morgan fingerprint density at radius 2 is 2.14 bits per heavy atom. The monoisotopic (exact) mass is 378 g/mol. The van der Waals surface area contributed by atoms with E-state index < -0.39 is 15.8 Å². The zero-order valence-corrected chi connectivity index (χ0v) is 14.5. The second kappa shape index (κ2) is 6.32. The lowest BCUT2D eigenvalue weighted by molar-refractivity contribution is 0.314. The van der Waals surface area contributed by atoms with Gasteiger partial charge < -0.3 is 5.73 Å². The SMILES string of the molecule is CC(C)C1CCCN1S(=O)(=O)c1cc(Br)cc(CN)c1F. The van der Waals surface area contributed by atoms with Crippen LogP contribution in [-0.4, -0.2) is 25.3 Å². The molecule has 1 fully saturated rings. The maximum absolute atomic E-state index is 14.4. The summed E-state index contributed by atoms with van der Waals surface area (Å²) >= 11 is 3.23. The van der Waals surface area contributed by atoms with Gasteiger partial charge in [-0.05, 0) is 30.9 Å². The Bertz CT molecular complexity index is 634. The zero-order chi connectivity index (χ0) is 15.8. The first kappa shape index (κ1) is 16.9. The van der Waals surface area contributed by atoms with Crippen molar-refractivity contribution >= 4 is 26.0 Å². The molecule has 1 aliphatic rings. The number of rotatable bonds is 4. The minimum Gasteiger partial charge on any atom is -0.326 e. The zero-order valence-electron chi connectivity index (χ0n) is 12.1. The van der Waals surface area contributed by atoms with Gasteiger partial charge in [0.25, 0.3) is 0 Å². The fourth-order valence-corrected chi connectivity index (χ4v) is 5.43. The molecular weight excluding hydrogens is 359 g/mol. The van der Waals surface area contributed by atoms with Crippen LogP contribution in [0.1, 0.15) is 32.3 Å². The molecule has 0 bridgehead atoms. The van der Waals surface area contributed by atoms with Crippen LogP contribution in [0.25, 0.3) is 0 Å². The van der Waals surface area contributed by atoms with Gasteiger partial charge in [-0.1, -0.05) is 29.8 Å². The van der Waals surface area contributed by atoms with E-state index in [0.717, 1.165) is 12.8 Å². The van der Waals surface area contributed by atoms with Gasteiger partial charge >= 0.3 is 0 Å². The van der Waals surface area contributed by atoms with E-state index in [-0.39, 0.29) is 29.0 Å². The van der Waals surface area contributed by atoms with E-state index >= 15 is 0 Å². The normalized spacial score (nSPS) is 20.4. The Labute approximate surface area is 133 Å². The van der Waals surface area contributed by atoms with Gasteiger partial charge in [-0.2, -0.15) is 4.31 Å². The summed E-state index contributed by atoms with van der Waals surface area (Å²) < 4.78 is 42.0. The Balaban J connectivity index is 2.52. The number of sulfonamides is 1. The van der Waals surface area contributed by atoms with Crippen molar-refractivity contribution in [2.24, 2.45) is 11.7 Å². The van der Waals surface area contributed by atoms with E-state index in [1.807, 2.05) is 13.8 Å². The maximum atomic E-state index is 14.4. The Kier molecular flexibility index (Phi) is 5.07. The second-order valence-electron chi connectivity index (χ2n) is 5.65. The highest BCUT2D eigenvalue weighted by molar-refractivity contribution is 9.10. The molecule has 21 heavy (non-hydrogen) atoms. The summed E-state index contributed by atoms with van der Waals surface area (Å²) in [5.74, 6) is -0.540. The maximum Gasteiger partial charge on any atom is 0.246 e. The lowest BCUT2D eigenvalue weighted by Crippen LogP contribution is -2.39. The van der Waals surface area contributed by atoms with Crippen LogP contribution in [0.3, 0.4) is 0 Å². The molecule has 0 aromatic heterocycles. The van der Waals surface area contributed by atoms with Gasteiger partial charge in [0.1, 0.15) is 10.7 Å². The summed E-state index contributed by atoms with van der Waals surface area (Å²) in [4.78, 5) is -0.287. The van der Waals surface area contributed by atoms with E-state index in [9.17, 15) is 12.8 Å². The quantitative estimate of drug-likeness (QED) is 0.875. The van der Waals surface area contributed by atoms with Crippen LogP contribution in [0.15, 0.2) is 21.5 Å². The predicted octanol–water partition coefficient (Wildman–Crippen LogP) is 2.86. The highest BCUT2D eigenvalue weighted by atomic mass is 79.9. The fraction of sp³-hybridized carbons (Fsp3) is 0.571. The van der Waals surface area contributed by atoms with Gasteiger partial charge in [0, 0.05) is 29.2 Å². The summed E-state index contributed by atoms with van der Waals surface area (Å²) in [6, 6.07) is 2.76. The highest BCUT2D eigenvalue weighted by Crippen LogP contribution is 2.33. The topological polar surface area (TPSA) is 63.4 Å². The van der Waals surface area contributed by atoms with Crippen LogP contribution >= 0.6 is 15.9 Å². The van der Waals surface area contributed by atoms with Crippen LogP contribution in [-0.2, 0) is 16.6 Å². The molecule has 0 radical (unpaired) electrons. The number of hydrogen-bond donors (Lipinski definition) is 1. The molecule has 1 aromatic rings. The Morgan fingerprint density at radius 3 is 2.71 bits per heavy atom. The van der Waals surface area contributed by atoms with Gasteiger partial charge in [-0.25, -0.2) is 12.8 Å². The first-order chi connectivity index (χ1) is 9.78. The first-order valence-corrected chi connectivity index (χ1v) is 9.22. The molecule has 1 saturated heterocycles. The van der Waals surface area contributed by atoms with E-state index in [1.165, 1.54) is 16.4 Å². The third-order valence-corrected chi connectivity index (χ3v) is 6.29. The largest absolute Gasteiger partial charge is 0.326 e. The van der Waals surface area contributed by atoms with Crippen molar-refractivity contribution in [2.45, 2.75) is 44.2 Å². The van der Waals surface area contributed by atoms with Crippen molar-refractivity contribution in [1.29, 1.82) is 0 Å². The molecule has 0 amide bonds. The summed E-state index contributed by atoms with van der Waals surface area (Å²) in [5.41, 5.74) is 5.69. The standard InChI is InChI=1S/C14H20BrFN2O2S/c1-9(2)12-4-3-5-18(12)21(19,20)13-7-11(15)6-10(8-17)14(13)16/h6-7,9,12H,3-5,8,17H2,1-2H3. The molecule has 4 nitrogen and oxygen atoms in total. The van der Waals surface area contributed by atoms with Crippen molar-refractivity contribution in [3.8, 4) is 0 Å². The molecule has 1 heterocycles. The number of nitrogens with two attached hydrogens (primary N) is 1. The molecule has 0 saturated carbocycles. The summed E-state index contributed by atoms with van der Waals surface area (Å²) in [6.45, 7) is 4.37. The summed E-state index contributed by atoms with van der Waals surface area (Å²) in [7, 11) is -3.85. The lowest BCUT2D eigenvalue weighted by atomic mass is 10.0. The van der Waals surface area contributed by atoms with Crippen molar-refractivity contribution in [3.05, 3.63) is 28.0 Å². The molecule has 1 unspecified atom stereocenters. The molecule has 1 aromatic carbocycles. The van der Waals surface area contributed by atoms with Crippen LogP contribution in [0.2, 0.25) is 0 Å². The molecule has 7 heteroatoms. The molecule has 1 aliphatic heterocycles. The molecule has 118 valence electrons. The predicted molar refractivity (Wildman–Crippen MR) is 83.7 cm³/mol. The Morgan fingerprint density at radius 1 is 1.48 bits per heavy atom. The smallest absolute Gasteiger partial charge is 0.246 e. The van der Waals surface area contributed by atoms with E-state index in [4.69, 9.17) is 5.73 Å². The minimum atomic E-state index is -3.85. The highest BCUT2D eigenvalue weighted by Gasteiger charge is 2.38. The van der Waals surface area contributed by atoms with Crippen LogP contribution in [0, 0.1) is 11.7 Å². The van der Waals surface area contributed by atoms with E-state index in [1.54, 1.807) is 0 Å². The van der Waals surface area contributed by atoms with Gasteiger partial charge in [0.05, 0.1) is 0 Å². The number of hydrogen-bond acceptors (Lipinski definition) is 3. The Hall–Kier alpha value is -0.500. The third-order valence-electron chi connectivity index (χ3n) is 3.90. The summed E-state index contributed by atoms with van der Waals surface area (Å²) in [5, 5.41) is 0. The number of nitrogens with zero attached hydrogens (tertiary/aromatic N) is 1. The second-order valence-corrected chi connectivity index (χ2v) is 8.43. The average Bonchev–Trinajstić information content (AvgIpc) is 2.91. The molecule has 2 rings (SSSR count). The van der Waals surface area contributed by atoms with Crippen LogP contribution < -0.4 is 5.73 Å². The van der Waals surface area contributed by atoms with Gasteiger partial charge in [0.2, 0.25) is 10.0 Å². The molecule has 0 spiro atoms. The van der Waals surface area contributed by atoms with Crippen molar-refractivity contribution < 1.29 is 12.8 Å². The van der Waals surface area contributed by atoms with Gasteiger partial charge in [-0.15, -0.1) is 0 Å². The number of benzene rings is 1. The molecular formula is C14H20BrFN2O2S. The number of halogens is 2. The van der Waals surface area contributed by atoms with Gasteiger partial charge in [0.15, 0.2) is 0 Å². The van der Waals surface area contributed by atoms with Crippen molar-refractivity contribution in [3.63, 3.8) is 0 Å². The lowest BCUT2D eigenvalue weighted by Gasteiger charge is -2.27. The molecule has 1 atom stereocenters. The van der Waals surface area contributed by atoms with E-state index in [2.05, 4.69) is 15.9 Å². The molecule has 2 N–H and O–H groups in total.